The molecule has 0 aliphatic heterocycles. The van der Waals surface area contributed by atoms with Crippen molar-refractivity contribution in [3.8, 4) is 0 Å². The van der Waals surface area contributed by atoms with Crippen LogP contribution in [-0.4, -0.2) is 26.5 Å². The van der Waals surface area contributed by atoms with E-state index in [4.69, 9.17) is 5.73 Å². The van der Waals surface area contributed by atoms with Crippen LogP contribution in [0.3, 0.4) is 0 Å². The van der Waals surface area contributed by atoms with Gasteiger partial charge in [-0.1, -0.05) is 13.8 Å². The fraction of sp³-hybridized carbons (Fsp3) is 1.00. The summed E-state index contributed by atoms with van der Waals surface area (Å²) < 4.78 is 21.5. The van der Waals surface area contributed by atoms with Crippen molar-refractivity contribution < 1.29 is 8.42 Å². The summed E-state index contributed by atoms with van der Waals surface area (Å²) in [5.74, 6) is 0.567. The van der Waals surface area contributed by atoms with E-state index in [1.807, 2.05) is 13.8 Å². The monoisotopic (exact) mass is 179 g/mol. The number of nitrogens with two attached hydrogens (primary N) is 1. The molecule has 0 heterocycles. The van der Waals surface area contributed by atoms with Crippen molar-refractivity contribution in [3.05, 3.63) is 0 Å². The first kappa shape index (κ1) is 10.9. The molecule has 0 aromatic carbocycles. The second-order valence-corrected chi connectivity index (χ2v) is 5.67. The molecule has 0 saturated carbocycles. The Bertz CT molecular complexity index is 196. The van der Waals surface area contributed by atoms with Crippen LogP contribution in [0.25, 0.3) is 0 Å². The molecule has 0 aromatic rings. The molecule has 0 unspecified atom stereocenters. The molecular weight excluding hydrogens is 162 g/mol. The summed E-state index contributed by atoms with van der Waals surface area (Å²) in [6.07, 6.45) is 1.99. The summed E-state index contributed by atoms with van der Waals surface area (Å²) >= 11 is 0. The van der Waals surface area contributed by atoms with Crippen molar-refractivity contribution >= 4 is 9.84 Å². The van der Waals surface area contributed by atoms with Gasteiger partial charge in [-0.2, -0.15) is 0 Å². The first-order valence-corrected chi connectivity index (χ1v) is 5.80. The molecule has 0 aliphatic carbocycles. The molecule has 2 N–H and O–H groups in total. The maximum absolute atomic E-state index is 10.7. The van der Waals surface area contributed by atoms with Crippen molar-refractivity contribution in [3.63, 3.8) is 0 Å². The third-order valence-corrected chi connectivity index (χ3v) is 2.32. The smallest absolute Gasteiger partial charge is 0.148 e. The highest BCUT2D eigenvalue weighted by atomic mass is 32.2. The van der Waals surface area contributed by atoms with Crippen molar-refractivity contribution in [2.75, 3.05) is 12.0 Å². The van der Waals surface area contributed by atoms with Crippen LogP contribution in [0.1, 0.15) is 20.3 Å². The maximum Gasteiger partial charge on any atom is 0.148 e. The lowest BCUT2D eigenvalue weighted by Gasteiger charge is -2.11. The van der Waals surface area contributed by atoms with Gasteiger partial charge in [-0.15, -0.1) is 0 Å². The molecule has 3 nitrogen and oxygen atoms in total. The second kappa shape index (κ2) is 4.07. The topological polar surface area (TPSA) is 60.2 Å². The summed E-state index contributed by atoms with van der Waals surface area (Å²) in [7, 11) is -2.89. The molecule has 0 aromatic heterocycles. The molecule has 4 heteroatoms. The molecule has 0 spiro atoms. The normalized spacial score (nSPS) is 15.4. The van der Waals surface area contributed by atoms with E-state index in [0.717, 1.165) is 6.42 Å². The van der Waals surface area contributed by atoms with Crippen LogP contribution in [0, 0.1) is 5.92 Å². The van der Waals surface area contributed by atoms with E-state index in [1.165, 1.54) is 6.26 Å². The third-order valence-electron chi connectivity index (χ3n) is 1.29. The summed E-state index contributed by atoms with van der Waals surface area (Å²) in [6, 6.07) is -0.204. The van der Waals surface area contributed by atoms with Gasteiger partial charge in [-0.05, 0) is 12.3 Å². The minimum atomic E-state index is -2.89. The van der Waals surface area contributed by atoms with Gasteiger partial charge in [0.25, 0.3) is 0 Å². The van der Waals surface area contributed by atoms with Gasteiger partial charge in [0.15, 0.2) is 0 Å². The summed E-state index contributed by atoms with van der Waals surface area (Å²) in [6.45, 7) is 4.06. The van der Waals surface area contributed by atoms with Gasteiger partial charge in [0, 0.05) is 12.3 Å². The van der Waals surface area contributed by atoms with Crippen LogP contribution in [-0.2, 0) is 9.84 Å². The zero-order valence-corrected chi connectivity index (χ0v) is 8.19. The molecule has 0 fully saturated rings. The largest absolute Gasteiger partial charge is 0.327 e. The lowest BCUT2D eigenvalue weighted by molar-refractivity contribution is 0.514. The van der Waals surface area contributed by atoms with E-state index in [2.05, 4.69) is 0 Å². The fourth-order valence-corrected chi connectivity index (χ4v) is 1.98. The Morgan fingerprint density at radius 1 is 1.36 bits per heavy atom. The molecular formula is C7H17NO2S. The van der Waals surface area contributed by atoms with Crippen LogP contribution in [0.4, 0.5) is 0 Å². The SMILES string of the molecule is CC(C)C[C@@H](N)CS(C)(=O)=O. The molecule has 11 heavy (non-hydrogen) atoms. The van der Waals surface area contributed by atoms with Gasteiger partial charge in [-0.25, -0.2) is 8.42 Å². The first-order valence-electron chi connectivity index (χ1n) is 3.74. The molecule has 68 valence electrons. The predicted octanol–water partition coefficient (Wildman–Crippen LogP) is 0.404. The summed E-state index contributed by atoms with van der Waals surface area (Å²) in [4.78, 5) is 0. The average molecular weight is 179 g/mol. The number of hydrogen-bond donors (Lipinski definition) is 1. The molecule has 0 amide bonds. The van der Waals surface area contributed by atoms with E-state index in [-0.39, 0.29) is 11.8 Å². The van der Waals surface area contributed by atoms with E-state index < -0.39 is 9.84 Å². The number of sulfone groups is 1. The Hall–Kier alpha value is -0.0900. The third kappa shape index (κ3) is 7.81. The zero-order chi connectivity index (χ0) is 9.07. The van der Waals surface area contributed by atoms with Gasteiger partial charge in [0.05, 0.1) is 5.75 Å². The molecule has 1 atom stereocenters. The van der Waals surface area contributed by atoms with Gasteiger partial charge in [0.1, 0.15) is 9.84 Å². The highest BCUT2D eigenvalue weighted by molar-refractivity contribution is 7.90. The quantitative estimate of drug-likeness (QED) is 0.679. The van der Waals surface area contributed by atoms with E-state index >= 15 is 0 Å². The fourth-order valence-electron chi connectivity index (χ4n) is 1.06. The average Bonchev–Trinajstić information content (AvgIpc) is 1.53. The van der Waals surface area contributed by atoms with Crippen LogP contribution in [0.5, 0.6) is 0 Å². The standard InChI is InChI=1S/C7H17NO2S/c1-6(2)4-7(8)5-11(3,9)10/h6-7H,4-5,8H2,1-3H3/t7-/m1/s1. The first-order chi connectivity index (χ1) is 4.81. The van der Waals surface area contributed by atoms with Crippen LogP contribution in [0.2, 0.25) is 0 Å². The Kier molecular flexibility index (Phi) is 4.03. The summed E-state index contributed by atoms with van der Waals surface area (Å²) in [5, 5.41) is 0. The lowest BCUT2D eigenvalue weighted by Crippen LogP contribution is -2.30. The Balaban J connectivity index is 3.80. The minimum Gasteiger partial charge on any atom is -0.327 e. The van der Waals surface area contributed by atoms with E-state index in [9.17, 15) is 8.42 Å². The highest BCUT2D eigenvalue weighted by Crippen LogP contribution is 2.03. The second-order valence-electron chi connectivity index (χ2n) is 3.48. The number of hydrogen-bond acceptors (Lipinski definition) is 3. The minimum absolute atomic E-state index is 0.102. The van der Waals surface area contributed by atoms with Crippen molar-refractivity contribution in [2.45, 2.75) is 26.3 Å². The van der Waals surface area contributed by atoms with Crippen LogP contribution in [0.15, 0.2) is 0 Å². The zero-order valence-electron chi connectivity index (χ0n) is 7.37. The Labute approximate surface area is 68.9 Å². The molecule has 0 aliphatic rings. The molecule has 0 bridgehead atoms. The Morgan fingerprint density at radius 2 is 1.82 bits per heavy atom. The van der Waals surface area contributed by atoms with Gasteiger partial charge in [-0.3, -0.25) is 0 Å². The summed E-state index contributed by atoms with van der Waals surface area (Å²) in [5.41, 5.74) is 5.58. The van der Waals surface area contributed by atoms with Gasteiger partial charge >= 0.3 is 0 Å². The lowest BCUT2D eigenvalue weighted by atomic mass is 10.1. The van der Waals surface area contributed by atoms with Crippen molar-refractivity contribution in [2.24, 2.45) is 11.7 Å². The van der Waals surface area contributed by atoms with Crippen LogP contribution >= 0.6 is 0 Å². The van der Waals surface area contributed by atoms with Crippen LogP contribution < -0.4 is 5.73 Å². The van der Waals surface area contributed by atoms with Crippen molar-refractivity contribution in [1.82, 2.24) is 0 Å². The maximum atomic E-state index is 10.7. The van der Waals surface area contributed by atoms with Gasteiger partial charge < -0.3 is 5.73 Å². The Morgan fingerprint density at radius 3 is 2.09 bits per heavy atom. The highest BCUT2D eigenvalue weighted by Gasteiger charge is 2.11. The van der Waals surface area contributed by atoms with Gasteiger partial charge in [0.2, 0.25) is 0 Å². The number of rotatable bonds is 4. The van der Waals surface area contributed by atoms with Crippen molar-refractivity contribution in [1.29, 1.82) is 0 Å². The predicted molar refractivity (Wildman–Crippen MR) is 47.1 cm³/mol. The molecule has 0 saturated heterocycles. The molecule has 0 radical (unpaired) electrons. The van der Waals surface area contributed by atoms with E-state index in [1.54, 1.807) is 0 Å². The van der Waals surface area contributed by atoms with E-state index in [0.29, 0.717) is 5.92 Å². The molecule has 0 rings (SSSR count).